The SMILES string of the molecule is C1=C(c2ccccc2)N(c2ccccc2)C(c2c[nH]c3ccccc23)c2cnc3ccccc3c21. The number of fused-ring (bicyclic) bond motifs is 4. The summed E-state index contributed by atoms with van der Waals surface area (Å²) in [5.74, 6) is 0. The molecule has 1 unspecified atom stereocenters. The van der Waals surface area contributed by atoms with Gasteiger partial charge in [-0.15, -0.1) is 0 Å². The lowest BCUT2D eigenvalue weighted by atomic mass is 9.86. The van der Waals surface area contributed by atoms with E-state index in [-0.39, 0.29) is 6.04 Å². The van der Waals surface area contributed by atoms with Crippen molar-refractivity contribution >= 4 is 39.3 Å². The fraction of sp³-hybridized carbons (Fsp3) is 0.0312. The van der Waals surface area contributed by atoms with E-state index in [1.165, 1.54) is 38.7 Å². The zero-order chi connectivity index (χ0) is 23.2. The molecule has 0 saturated carbocycles. The minimum Gasteiger partial charge on any atom is -0.361 e. The number of para-hydroxylation sites is 3. The van der Waals surface area contributed by atoms with Crippen molar-refractivity contribution in [1.29, 1.82) is 0 Å². The maximum Gasteiger partial charge on any atom is 0.0886 e. The van der Waals surface area contributed by atoms with Gasteiger partial charge in [-0.1, -0.05) is 84.9 Å². The van der Waals surface area contributed by atoms with Crippen LogP contribution in [0.2, 0.25) is 0 Å². The average Bonchev–Trinajstić information content (AvgIpc) is 3.36. The molecule has 0 radical (unpaired) electrons. The van der Waals surface area contributed by atoms with Crippen LogP contribution in [0, 0.1) is 0 Å². The van der Waals surface area contributed by atoms with Crippen LogP contribution >= 0.6 is 0 Å². The molecule has 1 atom stereocenters. The third-order valence-corrected chi connectivity index (χ3v) is 6.96. The number of H-pyrrole nitrogens is 1. The van der Waals surface area contributed by atoms with Crippen LogP contribution in [-0.4, -0.2) is 9.97 Å². The molecular weight excluding hydrogens is 426 g/mol. The van der Waals surface area contributed by atoms with Gasteiger partial charge < -0.3 is 9.88 Å². The van der Waals surface area contributed by atoms with E-state index >= 15 is 0 Å². The standard InChI is InChI=1S/C32H23N3/c1-3-11-22(12-4-1)31-19-26-24-15-7-9-17-29(24)34-21-28(26)32(35(31)23-13-5-2-6-14-23)27-20-33-30-18-10-8-16-25(27)30/h1-21,32-33H. The van der Waals surface area contributed by atoms with Crippen LogP contribution in [0.1, 0.15) is 28.3 Å². The van der Waals surface area contributed by atoms with Crippen molar-refractivity contribution in [2.24, 2.45) is 0 Å². The third kappa shape index (κ3) is 3.17. The quantitative estimate of drug-likeness (QED) is 0.299. The highest BCUT2D eigenvalue weighted by Gasteiger charge is 2.34. The molecule has 0 saturated heterocycles. The van der Waals surface area contributed by atoms with E-state index in [0.29, 0.717) is 0 Å². The Morgan fingerprint density at radius 1 is 0.657 bits per heavy atom. The summed E-state index contributed by atoms with van der Waals surface area (Å²) < 4.78 is 0. The van der Waals surface area contributed by atoms with Gasteiger partial charge in [-0.25, -0.2) is 0 Å². The Hall–Kier alpha value is -4.63. The Balaban J connectivity index is 1.60. The van der Waals surface area contributed by atoms with E-state index in [0.717, 1.165) is 16.7 Å². The van der Waals surface area contributed by atoms with Gasteiger partial charge in [0.1, 0.15) is 0 Å². The van der Waals surface area contributed by atoms with E-state index in [1.807, 2.05) is 0 Å². The van der Waals surface area contributed by atoms with Crippen molar-refractivity contribution in [2.45, 2.75) is 6.04 Å². The number of nitrogens with zero attached hydrogens (tertiary/aromatic N) is 2. The first-order valence-corrected chi connectivity index (χ1v) is 11.9. The van der Waals surface area contributed by atoms with Gasteiger partial charge in [0.05, 0.1) is 11.6 Å². The molecule has 166 valence electrons. The fourth-order valence-electron chi connectivity index (χ4n) is 5.38. The second-order valence-corrected chi connectivity index (χ2v) is 8.94. The summed E-state index contributed by atoms with van der Waals surface area (Å²) in [7, 11) is 0. The zero-order valence-electron chi connectivity index (χ0n) is 19.1. The second kappa shape index (κ2) is 8.00. The van der Waals surface area contributed by atoms with E-state index < -0.39 is 0 Å². The number of aromatic nitrogens is 2. The first-order chi connectivity index (χ1) is 17.4. The first-order valence-electron chi connectivity index (χ1n) is 11.9. The Morgan fingerprint density at radius 3 is 2.17 bits per heavy atom. The highest BCUT2D eigenvalue weighted by molar-refractivity contribution is 6.02. The van der Waals surface area contributed by atoms with Crippen molar-refractivity contribution in [3.8, 4) is 0 Å². The number of hydrogen-bond donors (Lipinski definition) is 1. The van der Waals surface area contributed by atoms with Crippen LogP contribution in [0.3, 0.4) is 0 Å². The van der Waals surface area contributed by atoms with Gasteiger partial charge in [-0.2, -0.15) is 0 Å². The predicted octanol–water partition coefficient (Wildman–Crippen LogP) is 7.82. The lowest BCUT2D eigenvalue weighted by Gasteiger charge is -2.40. The number of rotatable bonds is 3. The number of anilines is 1. The van der Waals surface area contributed by atoms with Crippen LogP contribution < -0.4 is 4.90 Å². The minimum absolute atomic E-state index is 0.0409. The molecule has 4 aromatic carbocycles. The predicted molar refractivity (Wildman–Crippen MR) is 145 cm³/mol. The smallest absolute Gasteiger partial charge is 0.0886 e. The molecule has 0 aliphatic carbocycles. The monoisotopic (exact) mass is 449 g/mol. The molecule has 1 N–H and O–H groups in total. The summed E-state index contributed by atoms with van der Waals surface area (Å²) in [6, 6.07) is 38.3. The van der Waals surface area contributed by atoms with Crippen molar-refractivity contribution in [1.82, 2.24) is 9.97 Å². The molecule has 3 heteroatoms. The number of hydrogen-bond acceptors (Lipinski definition) is 2. The highest BCUT2D eigenvalue weighted by Crippen LogP contribution is 2.47. The number of nitrogens with one attached hydrogen (secondary N) is 1. The van der Waals surface area contributed by atoms with Gasteiger partial charge in [0.25, 0.3) is 0 Å². The lowest BCUT2D eigenvalue weighted by Crippen LogP contribution is -2.31. The molecule has 7 rings (SSSR count). The fourth-order valence-corrected chi connectivity index (χ4v) is 5.38. The van der Waals surface area contributed by atoms with Crippen molar-refractivity contribution < 1.29 is 0 Å². The molecule has 0 amide bonds. The van der Waals surface area contributed by atoms with Crippen molar-refractivity contribution in [3.63, 3.8) is 0 Å². The Bertz CT molecular complexity index is 1700. The van der Waals surface area contributed by atoms with Gasteiger partial charge in [0, 0.05) is 51.2 Å². The van der Waals surface area contributed by atoms with Crippen LogP contribution in [0.4, 0.5) is 5.69 Å². The zero-order valence-corrected chi connectivity index (χ0v) is 19.1. The first kappa shape index (κ1) is 19.8. The van der Waals surface area contributed by atoms with Gasteiger partial charge in [0.15, 0.2) is 0 Å². The Kier molecular flexibility index (Phi) is 4.52. The average molecular weight is 450 g/mol. The number of pyridine rings is 1. The lowest BCUT2D eigenvalue weighted by molar-refractivity contribution is 0.819. The molecule has 2 aromatic heterocycles. The van der Waals surface area contributed by atoms with Gasteiger partial charge in [0.2, 0.25) is 0 Å². The van der Waals surface area contributed by atoms with E-state index in [4.69, 9.17) is 4.98 Å². The van der Waals surface area contributed by atoms with Crippen LogP contribution in [-0.2, 0) is 0 Å². The topological polar surface area (TPSA) is 31.9 Å². The highest BCUT2D eigenvalue weighted by atomic mass is 15.2. The van der Waals surface area contributed by atoms with Crippen LogP contribution in [0.15, 0.2) is 122 Å². The molecule has 0 bridgehead atoms. The van der Waals surface area contributed by atoms with Gasteiger partial charge in [-0.3, -0.25) is 4.98 Å². The van der Waals surface area contributed by atoms with Crippen molar-refractivity contribution in [2.75, 3.05) is 4.90 Å². The van der Waals surface area contributed by atoms with E-state index in [9.17, 15) is 0 Å². The van der Waals surface area contributed by atoms with Crippen LogP contribution in [0.5, 0.6) is 0 Å². The molecular formula is C32H23N3. The summed E-state index contributed by atoms with van der Waals surface area (Å²) in [5.41, 5.74) is 9.35. The normalized spacial score (nSPS) is 15.3. The summed E-state index contributed by atoms with van der Waals surface area (Å²) in [5, 5.41) is 2.41. The largest absolute Gasteiger partial charge is 0.361 e. The molecule has 0 fully saturated rings. The maximum absolute atomic E-state index is 4.89. The summed E-state index contributed by atoms with van der Waals surface area (Å²) in [6.45, 7) is 0. The molecule has 3 nitrogen and oxygen atoms in total. The summed E-state index contributed by atoms with van der Waals surface area (Å²) in [6.07, 6.45) is 6.57. The molecule has 3 heterocycles. The van der Waals surface area contributed by atoms with E-state index in [1.54, 1.807) is 0 Å². The second-order valence-electron chi connectivity index (χ2n) is 8.94. The van der Waals surface area contributed by atoms with Gasteiger partial charge in [-0.05, 0) is 41.5 Å². The molecule has 1 aliphatic heterocycles. The third-order valence-electron chi connectivity index (χ3n) is 6.96. The molecule has 1 aliphatic rings. The maximum atomic E-state index is 4.89. The molecule has 35 heavy (non-hydrogen) atoms. The summed E-state index contributed by atoms with van der Waals surface area (Å²) >= 11 is 0. The molecule has 0 spiro atoms. The Morgan fingerprint density at radius 2 is 1.34 bits per heavy atom. The van der Waals surface area contributed by atoms with Gasteiger partial charge >= 0.3 is 0 Å². The molecule has 6 aromatic rings. The Labute approximate surface area is 204 Å². The number of aromatic amines is 1. The van der Waals surface area contributed by atoms with E-state index in [2.05, 4.69) is 138 Å². The minimum atomic E-state index is -0.0409. The van der Waals surface area contributed by atoms with Crippen molar-refractivity contribution in [3.05, 3.63) is 144 Å². The number of benzene rings is 4. The van der Waals surface area contributed by atoms with Crippen LogP contribution in [0.25, 0.3) is 33.6 Å². The summed E-state index contributed by atoms with van der Waals surface area (Å²) in [4.78, 5) is 10.9.